The standard InChI is InChI=1S/C61H32F12N4O/c62-58(63,64)39-19-22-41(48(31-39)60(68,69)70)37-17-25-50-45(28-37)46-29-38(42-23-20-40(59(65,66)67)32-49(42)61(71,72)73)18-26-51(46)77(50)52-24-16-35(36-15-21-44-43-13-7-8-14-53(43)78-54(44)30-36)27-47(52)57-75-55(33-9-3-1-4-10-33)74-56(76-57)34-11-5-2-6-12-34/h1-32H. The fourth-order valence-corrected chi connectivity index (χ4v) is 9.96. The SMILES string of the molecule is FC(F)(F)c1ccc(-c2ccc3c(c2)c2cc(-c4ccc(C(F)(F)F)cc4C(F)(F)F)ccc2n3-c2ccc(-c3ccc4c(c3)oc3ccccc34)cc2-c2nc(-c3ccccc3)nc(-c3ccccc3)n2)c(C(F)(F)F)c1. The maximum atomic E-state index is 14.8. The number of hydrogen-bond acceptors (Lipinski definition) is 4. The van der Waals surface area contributed by atoms with Crippen molar-refractivity contribution in [3.8, 4) is 73.2 Å². The molecule has 0 radical (unpaired) electrons. The summed E-state index contributed by atoms with van der Waals surface area (Å²) in [4.78, 5) is 14.9. The first-order valence-electron chi connectivity index (χ1n) is 23.8. The van der Waals surface area contributed by atoms with Crippen LogP contribution < -0.4 is 0 Å². The maximum absolute atomic E-state index is 14.8. The van der Waals surface area contributed by atoms with Gasteiger partial charge in [0, 0.05) is 38.2 Å². The van der Waals surface area contributed by atoms with E-state index in [4.69, 9.17) is 19.4 Å². The topological polar surface area (TPSA) is 56.7 Å². The average Bonchev–Trinajstić information content (AvgIpc) is 4.18. The first-order chi connectivity index (χ1) is 37.2. The molecule has 12 rings (SSSR count). The van der Waals surface area contributed by atoms with E-state index in [-0.39, 0.29) is 62.5 Å². The highest BCUT2D eigenvalue weighted by atomic mass is 19.4. The van der Waals surface area contributed by atoms with Crippen LogP contribution in [0.4, 0.5) is 52.7 Å². The van der Waals surface area contributed by atoms with Gasteiger partial charge in [0.15, 0.2) is 17.5 Å². The Bertz CT molecular complexity index is 4140. The van der Waals surface area contributed by atoms with E-state index < -0.39 is 58.1 Å². The molecule has 0 saturated heterocycles. The summed E-state index contributed by atoms with van der Waals surface area (Å²) in [6, 6.07) is 47.3. The average molecular weight is 1060 g/mol. The summed E-state index contributed by atoms with van der Waals surface area (Å²) in [6.07, 6.45) is -20.8. The lowest BCUT2D eigenvalue weighted by atomic mass is 9.94. The molecule has 0 unspecified atom stereocenters. The lowest BCUT2D eigenvalue weighted by molar-refractivity contribution is -0.144. The second kappa shape index (κ2) is 18.2. The molecule has 0 fully saturated rings. The molecule has 0 aliphatic carbocycles. The summed E-state index contributed by atoms with van der Waals surface area (Å²) in [5.74, 6) is 0.710. The number of halogens is 12. The Hall–Kier alpha value is -9.25. The van der Waals surface area contributed by atoms with Gasteiger partial charge in [-0.15, -0.1) is 0 Å². The van der Waals surface area contributed by atoms with E-state index in [0.29, 0.717) is 68.9 Å². The molecule has 17 heteroatoms. The van der Waals surface area contributed by atoms with Gasteiger partial charge in [0.25, 0.3) is 0 Å². The highest BCUT2D eigenvalue weighted by Gasteiger charge is 2.40. The largest absolute Gasteiger partial charge is 0.456 e. The minimum Gasteiger partial charge on any atom is -0.456 e. The predicted molar refractivity (Wildman–Crippen MR) is 274 cm³/mol. The zero-order valence-corrected chi connectivity index (χ0v) is 39.7. The Morgan fingerprint density at radius 2 is 0.756 bits per heavy atom. The van der Waals surface area contributed by atoms with Crippen LogP contribution in [0.5, 0.6) is 0 Å². The molecular formula is C61H32F12N4O. The maximum Gasteiger partial charge on any atom is 0.417 e. The molecular weight excluding hydrogens is 1030 g/mol. The predicted octanol–water partition coefficient (Wildman–Crippen LogP) is 18.9. The second-order valence-electron chi connectivity index (χ2n) is 18.4. The summed E-state index contributed by atoms with van der Waals surface area (Å²) < 4.78 is 180. The van der Waals surface area contributed by atoms with Crippen LogP contribution in [0, 0.1) is 0 Å². The van der Waals surface area contributed by atoms with Crippen LogP contribution in [0.1, 0.15) is 22.3 Å². The quantitative estimate of drug-likeness (QED) is 0.149. The molecule has 3 aromatic heterocycles. The Balaban J connectivity index is 1.15. The van der Waals surface area contributed by atoms with E-state index in [1.807, 2.05) is 109 Å². The molecule has 0 atom stereocenters. The molecule has 0 bridgehead atoms. The summed E-state index contributed by atoms with van der Waals surface area (Å²) >= 11 is 0. The zero-order valence-electron chi connectivity index (χ0n) is 39.7. The minimum absolute atomic E-state index is 0.00606. The fraction of sp³-hybridized carbons (Fsp3) is 0.0656. The smallest absolute Gasteiger partial charge is 0.417 e. The number of hydrogen-bond donors (Lipinski definition) is 0. The molecule has 78 heavy (non-hydrogen) atoms. The van der Waals surface area contributed by atoms with Gasteiger partial charge in [-0.2, -0.15) is 52.7 Å². The Morgan fingerprint density at radius 3 is 1.27 bits per heavy atom. The van der Waals surface area contributed by atoms with Crippen LogP contribution in [0.15, 0.2) is 199 Å². The summed E-state index contributed by atoms with van der Waals surface area (Å²) in [6.45, 7) is 0. The third-order valence-electron chi connectivity index (χ3n) is 13.6. The Labute approximate surface area is 433 Å². The molecule has 9 aromatic carbocycles. The van der Waals surface area contributed by atoms with Gasteiger partial charge in [0.1, 0.15) is 11.2 Å². The van der Waals surface area contributed by atoms with Crippen molar-refractivity contribution >= 4 is 43.7 Å². The van der Waals surface area contributed by atoms with Crippen molar-refractivity contribution in [2.75, 3.05) is 0 Å². The Kier molecular flexibility index (Phi) is 11.6. The number of benzene rings is 9. The van der Waals surface area contributed by atoms with E-state index in [0.717, 1.165) is 10.8 Å². The molecule has 0 saturated carbocycles. The van der Waals surface area contributed by atoms with Crippen molar-refractivity contribution in [1.29, 1.82) is 0 Å². The van der Waals surface area contributed by atoms with E-state index in [2.05, 4.69) is 0 Å². The first-order valence-corrected chi connectivity index (χ1v) is 23.8. The van der Waals surface area contributed by atoms with Gasteiger partial charge in [-0.1, -0.05) is 115 Å². The highest BCUT2D eigenvalue weighted by Crippen LogP contribution is 2.47. The number of fused-ring (bicyclic) bond motifs is 6. The van der Waals surface area contributed by atoms with E-state index in [1.165, 1.54) is 36.4 Å². The van der Waals surface area contributed by atoms with Crippen molar-refractivity contribution < 1.29 is 57.1 Å². The van der Waals surface area contributed by atoms with Gasteiger partial charge < -0.3 is 8.98 Å². The number of alkyl halides is 12. The normalized spacial score (nSPS) is 12.6. The van der Waals surface area contributed by atoms with Crippen molar-refractivity contribution in [3.05, 3.63) is 216 Å². The van der Waals surface area contributed by atoms with Crippen molar-refractivity contribution in [1.82, 2.24) is 19.5 Å². The highest BCUT2D eigenvalue weighted by molar-refractivity contribution is 6.12. The number of aromatic nitrogens is 4. The van der Waals surface area contributed by atoms with Gasteiger partial charge in [-0.3, -0.25) is 0 Å². The molecule has 0 amide bonds. The molecule has 12 aromatic rings. The summed E-state index contributed by atoms with van der Waals surface area (Å²) in [5, 5.41) is 2.01. The number of para-hydroxylation sites is 1. The fourth-order valence-electron chi connectivity index (χ4n) is 9.96. The van der Waals surface area contributed by atoms with Gasteiger partial charge in [0.2, 0.25) is 0 Å². The second-order valence-corrected chi connectivity index (χ2v) is 18.4. The Morgan fingerprint density at radius 1 is 0.308 bits per heavy atom. The lowest BCUT2D eigenvalue weighted by Gasteiger charge is -2.17. The van der Waals surface area contributed by atoms with E-state index in [9.17, 15) is 52.7 Å². The number of furan rings is 1. The molecule has 0 spiro atoms. The third kappa shape index (κ3) is 8.93. The third-order valence-corrected chi connectivity index (χ3v) is 13.6. The number of nitrogens with zero attached hydrogens (tertiary/aromatic N) is 4. The van der Waals surface area contributed by atoms with Gasteiger partial charge in [-0.25, -0.2) is 15.0 Å². The van der Waals surface area contributed by atoms with E-state index >= 15 is 0 Å². The number of rotatable bonds is 7. The summed E-state index contributed by atoms with van der Waals surface area (Å²) in [7, 11) is 0. The van der Waals surface area contributed by atoms with Crippen LogP contribution in [-0.2, 0) is 24.7 Å². The van der Waals surface area contributed by atoms with Crippen LogP contribution in [0.3, 0.4) is 0 Å². The molecule has 0 N–H and O–H groups in total. The van der Waals surface area contributed by atoms with Gasteiger partial charge >= 0.3 is 24.7 Å². The van der Waals surface area contributed by atoms with Crippen LogP contribution in [0.25, 0.3) is 117 Å². The van der Waals surface area contributed by atoms with Crippen LogP contribution in [-0.4, -0.2) is 19.5 Å². The first kappa shape index (κ1) is 49.6. The molecule has 0 aliphatic rings. The molecule has 386 valence electrons. The lowest BCUT2D eigenvalue weighted by Crippen LogP contribution is -2.12. The molecule has 3 heterocycles. The zero-order chi connectivity index (χ0) is 54.5. The van der Waals surface area contributed by atoms with Crippen LogP contribution >= 0.6 is 0 Å². The van der Waals surface area contributed by atoms with Crippen molar-refractivity contribution in [3.63, 3.8) is 0 Å². The molecule has 5 nitrogen and oxygen atoms in total. The van der Waals surface area contributed by atoms with Crippen molar-refractivity contribution in [2.45, 2.75) is 24.7 Å². The van der Waals surface area contributed by atoms with Gasteiger partial charge in [0.05, 0.1) is 39.0 Å². The van der Waals surface area contributed by atoms with Crippen molar-refractivity contribution in [2.24, 2.45) is 0 Å². The van der Waals surface area contributed by atoms with Crippen LogP contribution in [0.2, 0.25) is 0 Å². The van der Waals surface area contributed by atoms with E-state index in [1.54, 1.807) is 16.7 Å². The van der Waals surface area contributed by atoms with Gasteiger partial charge in [-0.05, 0) is 112 Å². The monoisotopic (exact) mass is 1060 g/mol. The summed E-state index contributed by atoms with van der Waals surface area (Å²) in [5.41, 5.74) is -2.84. The molecule has 0 aliphatic heterocycles. The minimum atomic E-state index is -5.28.